The zero-order valence-electron chi connectivity index (χ0n) is 18.7. The number of hydrogen-bond donors (Lipinski definition) is 1. The number of carbonyl (C=O) groups is 2. The van der Waals surface area contributed by atoms with Gasteiger partial charge in [0.05, 0.1) is 17.4 Å². The highest BCUT2D eigenvalue weighted by molar-refractivity contribution is 6.30. The zero-order valence-corrected chi connectivity index (χ0v) is 19.4. The van der Waals surface area contributed by atoms with E-state index >= 15 is 0 Å². The zero-order chi connectivity index (χ0) is 25.6. The topological polar surface area (TPSA) is 49.4 Å². The number of rotatable bonds is 2. The number of carbonyl (C=O) groups excluding carboxylic acids is 2. The summed E-state index contributed by atoms with van der Waals surface area (Å²) in [6.45, 7) is 0. The van der Waals surface area contributed by atoms with Crippen molar-refractivity contribution < 1.29 is 27.2 Å². The first-order valence-electron chi connectivity index (χ1n) is 11.2. The van der Waals surface area contributed by atoms with Crippen molar-refractivity contribution in [1.29, 1.82) is 0 Å². The first kappa shape index (κ1) is 24.1. The Morgan fingerprint density at radius 3 is 2.22 bits per heavy atom. The number of benzene rings is 3. The summed E-state index contributed by atoms with van der Waals surface area (Å²) in [7, 11) is 0. The van der Waals surface area contributed by atoms with Crippen LogP contribution in [0.5, 0.6) is 0 Å². The SMILES string of the molecule is O=C1C[C@H](c2ccc(Cl)cc2)CC2=C1[C@H](c1ccc(F)cc1)N(C(=O)C(F)(F)F)c1ccccc1N2. The lowest BCUT2D eigenvalue weighted by Gasteiger charge is -2.35. The highest BCUT2D eigenvalue weighted by Crippen LogP contribution is 2.48. The highest BCUT2D eigenvalue weighted by atomic mass is 35.5. The molecule has 3 aromatic carbocycles. The Bertz CT molecular complexity index is 1370. The third-order valence-corrected chi connectivity index (χ3v) is 6.73. The van der Waals surface area contributed by atoms with E-state index in [1.54, 1.807) is 24.3 Å². The van der Waals surface area contributed by atoms with Gasteiger partial charge < -0.3 is 5.32 Å². The molecule has 1 aliphatic heterocycles. The first-order valence-corrected chi connectivity index (χ1v) is 11.5. The summed E-state index contributed by atoms with van der Waals surface area (Å²) in [5.41, 5.74) is 1.76. The Labute approximate surface area is 209 Å². The van der Waals surface area contributed by atoms with Gasteiger partial charge in [-0.2, -0.15) is 13.2 Å². The maximum Gasteiger partial charge on any atom is 0.471 e. The number of hydrogen-bond acceptors (Lipinski definition) is 3. The number of fused-ring (bicyclic) bond motifs is 1. The number of allylic oxidation sites excluding steroid dienone is 1. The van der Waals surface area contributed by atoms with E-state index in [0.29, 0.717) is 22.0 Å². The number of halogens is 5. The van der Waals surface area contributed by atoms with E-state index in [4.69, 9.17) is 11.6 Å². The maximum absolute atomic E-state index is 13.9. The van der Waals surface area contributed by atoms with Crippen molar-refractivity contribution in [2.24, 2.45) is 0 Å². The smallest absolute Gasteiger partial charge is 0.357 e. The number of Topliss-reactive ketones (excluding diaryl/α,β-unsaturated/α-hetero) is 1. The fourth-order valence-electron chi connectivity index (χ4n) is 4.88. The van der Waals surface area contributed by atoms with Gasteiger partial charge in [-0.25, -0.2) is 4.39 Å². The number of anilines is 2. The van der Waals surface area contributed by atoms with Crippen LogP contribution in [0.2, 0.25) is 5.02 Å². The van der Waals surface area contributed by atoms with Crippen molar-refractivity contribution in [2.75, 3.05) is 10.2 Å². The van der Waals surface area contributed by atoms with Gasteiger partial charge in [-0.05, 0) is 59.9 Å². The molecule has 0 saturated carbocycles. The Morgan fingerprint density at radius 2 is 1.56 bits per heavy atom. The lowest BCUT2D eigenvalue weighted by Crippen LogP contribution is -2.45. The summed E-state index contributed by atoms with van der Waals surface area (Å²) < 4.78 is 55.3. The van der Waals surface area contributed by atoms with Crippen molar-refractivity contribution in [3.05, 3.63) is 106 Å². The second-order valence-corrected chi connectivity index (χ2v) is 9.18. The van der Waals surface area contributed by atoms with Crippen molar-refractivity contribution >= 4 is 34.7 Å². The molecule has 0 saturated heterocycles. The van der Waals surface area contributed by atoms with E-state index in [-0.39, 0.29) is 34.9 Å². The Morgan fingerprint density at radius 1 is 0.917 bits per heavy atom. The minimum absolute atomic E-state index is 0.0283. The third kappa shape index (κ3) is 4.37. The van der Waals surface area contributed by atoms with E-state index in [9.17, 15) is 27.2 Å². The summed E-state index contributed by atoms with van der Waals surface area (Å²) in [6.07, 6.45) is -4.85. The van der Waals surface area contributed by atoms with Crippen LogP contribution in [0.3, 0.4) is 0 Å². The van der Waals surface area contributed by atoms with E-state index in [1.807, 2.05) is 12.1 Å². The van der Waals surface area contributed by atoms with Crippen LogP contribution >= 0.6 is 11.6 Å². The molecule has 1 amide bonds. The summed E-state index contributed by atoms with van der Waals surface area (Å²) in [4.78, 5) is 27.1. The molecule has 1 aliphatic carbocycles. The molecule has 0 bridgehead atoms. The van der Waals surface area contributed by atoms with Crippen LogP contribution in [0.4, 0.5) is 28.9 Å². The van der Waals surface area contributed by atoms with Crippen LogP contribution in [-0.2, 0) is 9.59 Å². The van der Waals surface area contributed by atoms with Crippen LogP contribution < -0.4 is 10.2 Å². The van der Waals surface area contributed by atoms with Crippen LogP contribution in [0.15, 0.2) is 84.1 Å². The van der Waals surface area contributed by atoms with Crippen molar-refractivity contribution in [2.45, 2.75) is 31.0 Å². The predicted octanol–water partition coefficient (Wildman–Crippen LogP) is 6.94. The van der Waals surface area contributed by atoms with Gasteiger partial charge in [-0.3, -0.25) is 14.5 Å². The maximum atomic E-state index is 13.9. The Hall–Kier alpha value is -3.65. The molecular weight excluding hydrogens is 496 g/mol. The minimum atomic E-state index is -5.21. The van der Waals surface area contributed by atoms with Crippen LogP contribution in [0, 0.1) is 5.82 Å². The molecule has 4 nitrogen and oxygen atoms in total. The van der Waals surface area contributed by atoms with E-state index in [1.165, 1.54) is 24.3 Å². The van der Waals surface area contributed by atoms with E-state index in [0.717, 1.165) is 17.7 Å². The van der Waals surface area contributed by atoms with Crippen molar-refractivity contribution in [3.8, 4) is 0 Å². The van der Waals surface area contributed by atoms with Gasteiger partial charge in [0, 0.05) is 22.7 Å². The second kappa shape index (κ2) is 9.09. The standard InChI is InChI=1S/C27H19ClF4N2O2/c28-18-9-5-15(6-10-18)17-13-21-24(23(35)14-17)25(16-7-11-19(29)12-8-16)34(26(36)27(30,31)32)22-4-2-1-3-20(22)33-21/h1-12,17,25,33H,13-14H2/t17-,25+/m1/s1. The lowest BCUT2D eigenvalue weighted by atomic mass is 9.78. The van der Waals surface area contributed by atoms with E-state index < -0.39 is 29.7 Å². The normalized spacial score (nSPS) is 19.8. The van der Waals surface area contributed by atoms with Crippen molar-refractivity contribution in [1.82, 2.24) is 0 Å². The summed E-state index contributed by atoms with van der Waals surface area (Å²) >= 11 is 6.00. The van der Waals surface area contributed by atoms with Gasteiger partial charge >= 0.3 is 12.1 Å². The quantitative estimate of drug-likeness (QED) is 0.377. The third-order valence-electron chi connectivity index (χ3n) is 6.48. The van der Waals surface area contributed by atoms with Gasteiger partial charge in [0.15, 0.2) is 5.78 Å². The predicted molar refractivity (Wildman–Crippen MR) is 128 cm³/mol. The van der Waals surface area contributed by atoms with Gasteiger partial charge in [0.2, 0.25) is 0 Å². The second-order valence-electron chi connectivity index (χ2n) is 8.74. The molecule has 3 aromatic rings. The molecule has 1 heterocycles. The highest BCUT2D eigenvalue weighted by Gasteiger charge is 2.49. The Kier molecular flexibility index (Phi) is 6.08. The molecule has 9 heteroatoms. The minimum Gasteiger partial charge on any atom is -0.357 e. The van der Waals surface area contributed by atoms with Gasteiger partial charge in [-0.15, -0.1) is 0 Å². The van der Waals surface area contributed by atoms with Crippen LogP contribution in [-0.4, -0.2) is 17.9 Å². The molecule has 0 unspecified atom stereocenters. The molecule has 184 valence electrons. The number of amides is 1. The first-order chi connectivity index (χ1) is 17.1. The van der Waals surface area contributed by atoms with Crippen molar-refractivity contribution in [3.63, 3.8) is 0 Å². The monoisotopic (exact) mass is 514 g/mol. The largest absolute Gasteiger partial charge is 0.471 e. The molecule has 2 atom stereocenters. The average molecular weight is 515 g/mol. The van der Waals surface area contributed by atoms with Crippen LogP contribution in [0.1, 0.15) is 35.9 Å². The molecule has 5 rings (SSSR count). The molecule has 0 radical (unpaired) electrons. The summed E-state index contributed by atoms with van der Waals surface area (Å²) in [6, 6.07) is 16.5. The van der Waals surface area contributed by atoms with E-state index in [2.05, 4.69) is 5.32 Å². The summed E-state index contributed by atoms with van der Waals surface area (Å²) in [5.74, 6) is -3.35. The average Bonchev–Trinajstić information content (AvgIpc) is 2.98. The van der Waals surface area contributed by atoms with Crippen LogP contribution in [0.25, 0.3) is 0 Å². The molecule has 0 fully saturated rings. The molecule has 36 heavy (non-hydrogen) atoms. The van der Waals surface area contributed by atoms with Gasteiger partial charge in [0.1, 0.15) is 5.82 Å². The number of alkyl halides is 3. The fourth-order valence-corrected chi connectivity index (χ4v) is 5.01. The Balaban J connectivity index is 1.72. The molecule has 1 N–H and O–H groups in total. The molecule has 2 aliphatic rings. The summed E-state index contributed by atoms with van der Waals surface area (Å²) in [5, 5.41) is 3.69. The fraction of sp³-hybridized carbons (Fsp3) is 0.185. The number of nitrogens with zero attached hydrogens (tertiary/aromatic N) is 1. The number of para-hydroxylation sites is 2. The van der Waals surface area contributed by atoms with Gasteiger partial charge in [0.25, 0.3) is 0 Å². The lowest BCUT2D eigenvalue weighted by molar-refractivity contribution is -0.170. The number of nitrogens with one attached hydrogen (secondary N) is 1. The molecule has 0 spiro atoms. The molecule has 0 aromatic heterocycles. The number of ketones is 1. The molecular formula is C27H19ClF4N2O2. The van der Waals surface area contributed by atoms with Gasteiger partial charge in [-0.1, -0.05) is 48.0 Å².